The van der Waals surface area contributed by atoms with E-state index in [1.54, 1.807) is 5.56 Å². The van der Waals surface area contributed by atoms with Gasteiger partial charge in [0.2, 0.25) is 0 Å². The fourth-order valence-electron chi connectivity index (χ4n) is 2.38. The summed E-state index contributed by atoms with van der Waals surface area (Å²) in [6.45, 7) is 4.49. The number of hydrogen-bond donors (Lipinski definition) is 1. The lowest BCUT2D eigenvalue weighted by Crippen LogP contribution is -2.14. The van der Waals surface area contributed by atoms with E-state index in [-0.39, 0.29) is 0 Å². The molecule has 0 fully saturated rings. The van der Waals surface area contributed by atoms with Gasteiger partial charge in [0, 0.05) is 11.7 Å². The molecule has 0 bridgehead atoms. The number of anilines is 1. The Balaban J connectivity index is 2.21. The van der Waals surface area contributed by atoms with Crippen molar-refractivity contribution < 1.29 is 0 Å². The average Bonchev–Trinajstić information content (AvgIpc) is 2.60. The summed E-state index contributed by atoms with van der Waals surface area (Å²) in [6.07, 6.45) is 4.95. The third-order valence-electron chi connectivity index (χ3n) is 3.10. The Morgan fingerprint density at radius 1 is 1.36 bits per heavy atom. The fraction of sp³-hybridized carbons (Fsp3) is 0.538. The van der Waals surface area contributed by atoms with E-state index in [0.717, 1.165) is 6.42 Å². The van der Waals surface area contributed by atoms with Gasteiger partial charge < -0.3 is 5.32 Å². The summed E-state index contributed by atoms with van der Waals surface area (Å²) in [5.74, 6) is 0. The molecule has 1 atom stereocenters. The Hall–Kier alpha value is -0.980. The molecular weight excluding hydrogens is 170 g/mol. The molecule has 1 aliphatic heterocycles. The lowest BCUT2D eigenvalue weighted by molar-refractivity contribution is 0.659. The average molecular weight is 189 g/mol. The first-order valence-electron chi connectivity index (χ1n) is 5.72. The van der Waals surface area contributed by atoms with Crippen LogP contribution in [0.1, 0.15) is 37.8 Å². The van der Waals surface area contributed by atoms with Crippen LogP contribution >= 0.6 is 0 Å². The maximum atomic E-state index is 3.61. The zero-order chi connectivity index (χ0) is 9.97. The van der Waals surface area contributed by atoms with Crippen molar-refractivity contribution in [1.29, 1.82) is 0 Å². The summed E-state index contributed by atoms with van der Waals surface area (Å²) in [4.78, 5) is 0. The van der Waals surface area contributed by atoms with Gasteiger partial charge in [0.25, 0.3) is 0 Å². The fourth-order valence-corrected chi connectivity index (χ4v) is 2.38. The molecular formula is C13H19N. The van der Waals surface area contributed by atoms with Gasteiger partial charge in [0.05, 0.1) is 0 Å². The van der Waals surface area contributed by atoms with Gasteiger partial charge in [-0.1, -0.05) is 32.4 Å². The predicted octanol–water partition coefficient (Wildman–Crippen LogP) is 3.39. The molecule has 2 rings (SSSR count). The van der Waals surface area contributed by atoms with E-state index >= 15 is 0 Å². The van der Waals surface area contributed by atoms with Crippen LogP contribution < -0.4 is 5.32 Å². The predicted molar refractivity (Wildman–Crippen MR) is 61.8 cm³/mol. The smallest absolute Gasteiger partial charge is 0.0378 e. The molecule has 0 spiro atoms. The van der Waals surface area contributed by atoms with Crippen molar-refractivity contribution in [3.8, 4) is 0 Å². The van der Waals surface area contributed by atoms with Crippen molar-refractivity contribution in [1.82, 2.24) is 0 Å². The zero-order valence-electron chi connectivity index (χ0n) is 9.14. The molecule has 0 aromatic heterocycles. The highest BCUT2D eigenvalue weighted by Gasteiger charge is 2.21. The molecule has 0 aliphatic carbocycles. The van der Waals surface area contributed by atoms with E-state index in [1.165, 1.54) is 30.5 Å². The minimum absolute atomic E-state index is 0.683. The van der Waals surface area contributed by atoms with E-state index < -0.39 is 0 Å². The Morgan fingerprint density at radius 2 is 2.21 bits per heavy atom. The number of fused-ring (bicyclic) bond motifs is 1. The molecule has 0 saturated carbocycles. The quantitative estimate of drug-likeness (QED) is 0.768. The second-order valence-electron chi connectivity index (χ2n) is 4.13. The number of rotatable bonds is 3. The summed E-state index contributed by atoms with van der Waals surface area (Å²) < 4.78 is 0. The molecule has 76 valence electrons. The van der Waals surface area contributed by atoms with Crippen molar-refractivity contribution in [3.63, 3.8) is 0 Å². The molecule has 1 nitrogen and oxygen atoms in total. The number of nitrogens with one attached hydrogen (secondary N) is 1. The topological polar surface area (TPSA) is 12.0 Å². The van der Waals surface area contributed by atoms with Crippen molar-refractivity contribution in [2.24, 2.45) is 0 Å². The summed E-state index contributed by atoms with van der Waals surface area (Å²) in [5.41, 5.74) is 4.46. The largest absolute Gasteiger partial charge is 0.382 e. The molecule has 1 unspecified atom stereocenters. The van der Waals surface area contributed by atoms with Crippen LogP contribution in [-0.2, 0) is 12.8 Å². The third kappa shape index (κ3) is 1.63. The third-order valence-corrected chi connectivity index (χ3v) is 3.10. The lowest BCUT2D eigenvalue weighted by Gasteiger charge is -2.08. The van der Waals surface area contributed by atoms with E-state index in [9.17, 15) is 0 Å². The van der Waals surface area contributed by atoms with E-state index in [4.69, 9.17) is 0 Å². The SMILES string of the molecule is CCCC1Cc2c(CC)cccc2N1. The van der Waals surface area contributed by atoms with Gasteiger partial charge in [-0.3, -0.25) is 0 Å². The molecule has 1 heterocycles. The van der Waals surface area contributed by atoms with E-state index in [1.807, 2.05) is 0 Å². The van der Waals surface area contributed by atoms with Crippen LogP contribution in [0.5, 0.6) is 0 Å². The summed E-state index contributed by atoms with van der Waals surface area (Å²) >= 11 is 0. The van der Waals surface area contributed by atoms with Crippen molar-refractivity contribution in [2.75, 3.05) is 5.32 Å². The minimum Gasteiger partial charge on any atom is -0.382 e. The number of benzene rings is 1. The zero-order valence-corrected chi connectivity index (χ0v) is 9.14. The normalized spacial score (nSPS) is 19.1. The van der Waals surface area contributed by atoms with Gasteiger partial charge in [0.15, 0.2) is 0 Å². The molecule has 0 amide bonds. The van der Waals surface area contributed by atoms with Crippen LogP contribution in [0, 0.1) is 0 Å². The number of hydrogen-bond acceptors (Lipinski definition) is 1. The second-order valence-corrected chi connectivity index (χ2v) is 4.13. The van der Waals surface area contributed by atoms with Gasteiger partial charge in [-0.05, 0) is 36.5 Å². The molecule has 1 aliphatic rings. The molecule has 14 heavy (non-hydrogen) atoms. The first kappa shape index (κ1) is 9.57. The van der Waals surface area contributed by atoms with E-state index in [0.29, 0.717) is 6.04 Å². The van der Waals surface area contributed by atoms with Crippen LogP contribution in [0.3, 0.4) is 0 Å². The monoisotopic (exact) mass is 189 g/mol. The summed E-state index contributed by atoms with van der Waals surface area (Å²) in [7, 11) is 0. The first-order chi connectivity index (χ1) is 6.85. The van der Waals surface area contributed by atoms with Crippen molar-refractivity contribution in [3.05, 3.63) is 29.3 Å². The maximum Gasteiger partial charge on any atom is 0.0378 e. The lowest BCUT2D eigenvalue weighted by atomic mass is 10.00. The van der Waals surface area contributed by atoms with Gasteiger partial charge in [0.1, 0.15) is 0 Å². The molecule has 0 radical (unpaired) electrons. The molecule has 1 heteroatoms. The van der Waals surface area contributed by atoms with Gasteiger partial charge in [-0.25, -0.2) is 0 Å². The Kier molecular flexibility index (Phi) is 2.76. The van der Waals surface area contributed by atoms with E-state index in [2.05, 4.69) is 37.4 Å². The van der Waals surface area contributed by atoms with Crippen molar-refractivity contribution >= 4 is 5.69 Å². The Labute approximate surface area is 86.5 Å². The highest BCUT2D eigenvalue weighted by molar-refractivity contribution is 5.59. The summed E-state index contributed by atoms with van der Waals surface area (Å²) in [5, 5.41) is 3.61. The molecule has 1 aromatic rings. The van der Waals surface area contributed by atoms with Crippen LogP contribution in [0.4, 0.5) is 5.69 Å². The first-order valence-corrected chi connectivity index (χ1v) is 5.72. The van der Waals surface area contributed by atoms with Crippen LogP contribution in [0.25, 0.3) is 0 Å². The number of aryl methyl sites for hydroxylation is 1. The van der Waals surface area contributed by atoms with Gasteiger partial charge >= 0.3 is 0 Å². The van der Waals surface area contributed by atoms with Crippen molar-refractivity contribution in [2.45, 2.75) is 45.6 Å². The Morgan fingerprint density at radius 3 is 2.93 bits per heavy atom. The maximum absolute atomic E-state index is 3.61. The highest BCUT2D eigenvalue weighted by atomic mass is 14.9. The minimum atomic E-state index is 0.683. The van der Waals surface area contributed by atoms with Crippen LogP contribution in [0.15, 0.2) is 18.2 Å². The molecule has 0 saturated heterocycles. The Bertz CT molecular complexity index is 317. The van der Waals surface area contributed by atoms with Gasteiger partial charge in [-0.2, -0.15) is 0 Å². The molecule has 1 N–H and O–H groups in total. The standard InChI is InChI=1S/C13H19N/c1-3-6-11-9-12-10(4-2)7-5-8-13(12)14-11/h5,7-8,11,14H,3-4,6,9H2,1-2H3. The van der Waals surface area contributed by atoms with Crippen LogP contribution in [0.2, 0.25) is 0 Å². The van der Waals surface area contributed by atoms with Crippen LogP contribution in [-0.4, -0.2) is 6.04 Å². The highest BCUT2D eigenvalue weighted by Crippen LogP contribution is 2.30. The summed E-state index contributed by atoms with van der Waals surface area (Å²) in [6, 6.07) is 7.32. The second kappa shape index (κ2) is 4.04. The van der Waals surface area contributed by atoms with Gasteiger partial charge in [-0.15, -0.1) is 0 Å². The molecule has 1 aromatic carbocycles.